The molecule has 0 heterocycles. The molecule has 0 unspecified atom stereocenters. The van der Waals surface area contributed by atoms with Crippen LogP contribution in [0.3, 0.4) is 0 Å². The Bertz CT molecular complexity index is 561. The van der Waals surface area contributed by atoms with Gasteiger partial charge in [-0.15, -0.1) is 0 Å². The van der Waals surface area contributed by atoms with Crippen LogP contribution in [0.4, 0.5) is 4.39 Å². The largest absolute Gasteiger partial charge is 0.394 e. The van der Waals surface area contributed by atoms with Gasteiger partial charge in [0.15, 0.2) is 0 Å². The van der Waals surface area contributed by atoms with Crippen molar-refractivity contribution < 1.29 is 17.9 Å². The predicted octanol–water partition coefficient (Wildman–Crippen LogP) is 2.01. The van der Waals surface area contributed by atoms with Gasteiger partial charge < -0.3 is 5.11 Å². The minimum Gasteiger partial charge on any atom is -0.394 e. The molecule has 7 heteroatoms. The van der Waals surface area contributed by atoms with Crippen LogP contribution < -0.4 is 0 Å². The molecule has 0 aliphatic heterocycles. The van der Waals surface area contributed by atoms with E-state index in [-0.39, 0.29) is 16.5 Å². The van der Waals surface area contributed by atoms with Gasteiger partial charge in [-0.05, 0) is 37.5 Å². The molecule has 0 spiro atoms. The summed E-state index contributed by atoms with van der Waals surface area (Å²) in [6, 6.07) is 3.19. The highest BCUT2D eigenvalue weighted by Gasteiger charge is 2.45. The number of hydrogen-bond donors (Lipinski definition) is 1. The van der Waals surface area contributed by atoms with E-state index in [0.717, 1.165) is 22.9 Å². The third-order valence-electron chi connectivity index (χ3n) is 3.74. The summed E-state index contributed by atoms with van der Waals surface area (Å²) in [5, 5.41) is 9.45. The number of hydrogen-bond acceptors (Lipinski definition) is 3. The van der Waals surface area contributed by atoms with Crippen molar-refractivity contribution in [2.45, 2.75) is 29.7 Å². The lowest BCUT2D eigenvalue weighted by molar-refractivity contribution is 0.0370. The number of benzene rings is 1. The summed E-state index contributed by atoms with van der Waals surface area (Å²) >= 11 is 5.68. The molecular weight excluding hydrogens is 293 g/mol. The van der Waals surface area contributed by atoms with Gasteiger partial charge in [0, 0.05) is 12.1 Å². The van der Waals surface area contributed by atoms with Crippen molar-refractivity contribution in [3.63, 3.8) is 0 Å². The maximum Gasteiger partial charge on any atom is 0.243 e. The minimum atomic E-state index is -3.87. The lowest BCUT2D eigenvalue weighted by atomic mass is 9.77. The van der Waals surface area contributed by atoms with Gasteiger partial charge in [0.05, 0.1) is 17.0 Å². The first-order chi connectivity index (χ1) is 8.82. The maximum absolute atomic E-state index is 13.3. The van der Waals surface area contributed by atoms with Crippen LogP contribution in [0.1, 0.15) is 19.3 Å². The van der Waals surface area contributed by atoms with Gasteiger partial charge in [-0.25, -0.2) is 12.8 Å². The molecule has 19 heavy (non-hydrogen) atoms. The van der Waals surface area contributed by atoms with Crippen LogP contribution in [0.5, 0.6) is 0 Å². The highest BCUT2D eigenvalue weighted by atomic mass is 35.5. The standard InChI is InChI=1S/C12H15ClFNO3S/c1-15(12(8-16)3-2-4-12)19(17,18)11-6-9(13)5-10(14)7-11/h5-7,16H,2-4,8H2,1H3. The highest BCUT2D eigenvalue weighted by molar-refractivity contribution is 7.89. The molecule has 1 fully saturated rings. The SMILES string of the molecule is CN(C1(CO)CCC1)S(=O)(=O)c1cc(F)cc(Cl)c1. The second-order valence-corrected chi connectivity index (χ2v) is 7.22. The second-order valence-electron chi connectivity index (χ2n) is 4.81. The monoisotopic (exact) mass is 307 g/mol. The zero-order chi connectivity index (χ0) is 14.3. The van der Waals surface area contributed by atoms with Gasteiger partial charge in [0.25, 0.3) is 0 Å². The molecule has 4 nitrogen and oxygen atoms in total. The van der Waals surface area contributed by atoms with E-state index in [1.807, 2.05) is 0 Å². The summed E-state index contributed by atoms with van der Waals surface area (Å²) < 4.78 is 39.3. The van der Waals surface area contributed by atoms with Crippen LogP contribution in [-0.4, -0.2) is 37.0 Å². The Labute approximate surface area is 116 Å². The fourth-order valence-electron chi connectivity index (χ4n) is 2.25. The molecule has 1 aliphatic carbocycles. The summed E-state index contributed by atoms with van der Waals surface area (Å²) in [5.41, 5.74) is -0.766. The summed E-state index contributed by atoms with van der Waals surface area (Å²) in [4.78, 5) is -0.195. The van der Waals surface area contributed by atoms with Gasteiger partial charge in [0.1, 0.15) is 5.82 Å². The van der Waals surface area contributed by atoms with Gasteiger partial charge in [-0.1, -0.05) is 11.6 Å². The quantitative estimate of drug-likeness (QED) is 0.926. The zero-order valence-electron chi connectivity index (χ0n) is 10.4. The molecule has 106 valence electrons. The number of nitrogens with zero attached hydrogens (tertiary/aromatic N) is 1. The van der Waals surface area contributed by atoms with E-state index in [1.165, 1.54) is 13.1 Å². The van der Waals surface area contributed by atoms with E-state index in [9.17, 15) is 17.9 Å². The molecule has 1 N–H and O–H groups in total. The van der Waals surface area contributed by atoms with Crippen LogP contribution in [0.15, 0.2) is 23.1 Å². The lowest BCUT2D eigenvalue weighted by Gasteiger charge is -2.46. The average molecular weight is 308 g/mol. The third kappa shape index (κ3) is 2.50. The van der Waals surface area contributed by atoms with Crippen molar-refractivity contribution >= 4 is 21.6 Å². The number of likely N-dealkylation sites (N-methyl/N-ethyl adjacent to an activating group) is 1. The first kappa shape index (κ1) is 14.7. The number of rotatable bonds is 4. The Hall–Kier alpha value is -0.690. The Kier molecular flexibility index (Phi) is 3.88. The molecule has 0 radical (unpaired) electrons. The molecule has 1 aromatic carbocycles. The van der Waals surface area contributed by atoms with Crippen LogP contribution >= 0.6 is 11.6 Å². The minimum absolute atomic E-state index is 0.0265. The number of aliphatic hydroxyl groups is 1. The van der Waals surface area contributed by atoms with E-state index < -0.39 is 21.4 Å². The van der Waals surface area contributed by atoms with Crippen molar-refractivity contribution in [3.05, 3.63) is 29.0 Å². The number of aliphatic hydroxyl groups excluding tert-OH is 1. The van der Waals surface area contributed by atoms with E-state index in [4.69, 9.17) is 11.6 Å². The Balaban J connectivity index is 2.42. The second kappa shape index (κ2) is 5.01. The molecule has 2 rings (SSSR count). The predicted molar refractivity (Wildman–Crippen MR) is 70.0 cm³/mol. The molecule has 1 aliphatic rings. The lowest BCUT2D eigenvalue weighted by Crippen LogP contribution is -2.56. The molecule has 1 aromatic rings. The molecule has 0 bridgehead atoms. The molecule has 1 saturated carbocycles. The number of halogens is 2. The summed E-state index contributed by atoms with van der Waals surface area (Å²) in [5.74, 6) is -0.703. The normalized spacial score (nSPS) is 18.4. The molecule has 0 aromatic heterocycles. The average Bonchev–Trinajstić information content (AvgIpc) is 2.26. The fraction of sp³-hybridized carbons (Fsp3) is 0.500. The molecule has 0 saturated heterocycles. The summed E-state index contributed by atoms with van der Waals surface area (Å²) in [6.45, 7) is -0.244. The Morgan fingerprint density at radius 3 is 2.47 bits per heavy atom. The van der Waals surface area contributed by atoms with E-state index >= 15 is 0 Å². The zero-order valence-corrected chi connectivity index (χ0v) is 12.0. The fourth-order valence-corrected chi connectivity index (χ4v) is 4.14. The van der Waals surface area contributed by atoms with Crippen molar-refractivity contribution in [3.8, 4) is 0 Å². The van der Waals surface area contributed by atoms with Gasteiger partial charge >= 0.3 is 0 Å². The first-order valence-corrected chi connectivity index (χ1v) is 7.70. The van der Waals surface area contributed by atoms with Crippen LogP contribution in [-0.2, 0) is 10.0 Å². The summed E-state index contributed by atoms with van der Waals surface area (Å²) in [7, 11) is -2.46. The first-order valence-electron chi connectivity index (χ1n) is 5.88. The summed E-state index contributed by atoms with van der Waals surface area (Å²) in [6.07, 6.45) is 2.06. The Morgan fingerprint density at radius 1 is 1.42 bits per heavy atom. The van der Waals surface area contributed by atoms with E-state index in [1.54, 1.807) is 0 Å². The van der Waals surface area contributed by atoms with Crippen molar-refractivity contribution in [1.29, 1.82) is 0 Å². The topological polar surface area (TPSA) is 57.6 Å². The third-order valence-corrected chi connectivity index (χ3v) is 5.90. The Morgan fingerprint density at radius 2 is 2.05 bits per heavy atom. The van der Waals surface area contributed by atoms with Gasteiger partial charge in [-0.3, -0.25) is 0 Å². The van der Waals surface area contributed by atoms with Crippen molar-refractivity contribution in [2.24, 2.45) is 0 Å². The maximum atomic E-state index is 13.3. The smallest absolute Gasteiger partial charge is 0.243 e. The van der Waals surface area contributed by atoms with Crippen molar-refractivity contribution in [2.75, 3.05) is 13.7 Å². The highest BCUT2D eigenvalue weighted by Crippen LogP contribution is 2.39. The molecular formula is C12H15ClFNO3S. The van der Waals surface area contributed by atoms with Crippen LogP contribution in [0.2, 0.25) is 5.02 Å². The van der Waals surface area contributed by atoms with Gasteiger partial charge in [-0.2, -0.15) is 4.31 Å². The van der Waals surface area contributed by atoms with Crippen LogP contribution in [0, 0.1) is 5.82 Å². The van der Waals surface area contributed by atoms with E-state index in [2.05, 4.69) is 0 Å². The van der Waals surface area contributed by atoms with Crippen LogP contribution in [0.25, 0.3) is 0 Å². The number of sulfonamides is 1. The van der Waals surface area contributed by atoms with E-state index in [0.29, 0.717) is 12.8 Å². The molecule has 0 atom stereocenters. The molecule has 0 amide bonds. The van der Waals surface area contributed by atoms with Gasteiger partial charge in [0.2, 0.25) is 10.0 Å². The van der Waals surface area contributed by atoms with Crippen molar-refractivity contribution in [1.82, 2.24) is 4.31 Å².